The number of rotatable bonds is 124. The zero-order valence-electron chi connectivity index (χ0n) is 80.0. The second kappa shape index (κ2) is 122. The van der Waals surface area contributed by atoms with E-state index < -0.39 is 0 Å². The van der Waals surface area contributed by atoms with Gasteiger partial charge in [-0.05, 0) is 19.8 Å². The molecule has 772 valence electrons. The molecule has 0 bridgehead atoms. The molecule has 38 nitrogen and oxygen atoms in total. The van der Waals surface area contributed by atoms with Crippen LogP contribution in [0.5, 0.6) is 0 Å². The predicted octanol–water partition coefficient (Wildman–Crippen LogP) is 6.61. The highest BCUT2D eigenvalue weighted by molar-refractivity contribution is 5.78. The van der Waals surface area contributed by atoms with Gasteiger partial charge >= 0.3 is 0 Å². The number of ether oxygens (including phenoxy) is 36. The van der Waals surface area contributed by atoms with Crippen LogP contribution in [-0.4, -0.2) is 487 Å². The van der Waals surface area contributed by atoms with Crippen LogP contribution in [0.1, 0.15) is 110 Å². The molecule has 0 saturated heterocycles. The fourth-order valence-corrected chi connectivity index (χ4v) is 10.5. The lowest BCUT2D eigenvalue weighted by atomic mass is 10.0. The molecule has 0 amide bonds. The van der Waals surface area contributed by atoms with E-state index in [1.807, 2.05) is 0 Å². The lowest BCUT2D eigenvalue weighted by molar-refractivity contribution is -0.120. The van der Waals surface area contributed by atoms with Gasteiger partial charge in [-0.2, -0.15) is 0 Å². The van der Waals surface area contributed by atoms with Crippen LogP contribution in [0.15, 0.2) is 0 Å². The van der Waals surface area contributed by atoms with E-state index >= 15 is 0 Å². The van der Waals surface area contributed by atoms with Gasteiger partial charge in [0, 0.05) is 25.9 Å². The van der Waals surface area contributed by atoms with Gasteiger partial charge in [-0.1, -0.05) is 71.1 Å². The Balaban J connectivity index is 3.11. The molecule has 0 N–H and O–H groups in total. The second-order valence-corrected chi connectivity index (χ2v) is 28.4. The quantitative estimate of drug-likeness (QED) is 0.0578. The van der Waals surface area contributed by atoms with Crippen molar-refractivity contribution in [2.24, 2.45) is 0 Å². The van der Waals surface area contributed by atoms with Crippen molar-refractivity contribution in [3.63, 3.8) is 0 Å². The van der Waals surface area contributed by atoms with Crippen molar-refractivity contribution in [3.8, 4) is 0 Å². The van der Waals surface area contributed by atoms with Crippen molar-refractivity contribution < 1.29 is 180 Å². The van der Waals surface area contributed by atoms with Crippen LogP contribution in [0.25, 0.3) is 0 Å². The Bertz CT molecular complexity index is 1970. The average molecular weight is 1880 g/mol. The summed E-state index contributed by atoms with van der Waals surface area (Å²) in [7, 11) is 0. The third-order valence-electron chi connectivity index (χ3n) is 17.4. The van der Waals surface area contributed by atoms with Gasteiger partial charge in [-0.15, -0.1) is 0 Å². The van der Waals surface area contributed by atoms with Gasteiger partial charge in [0.1, 0.15) is 11.6 Å². The van der Waals surface area contributed by atoms with E-state index in [1.165, 1.54) is 64.2 Å². The molecule has 38 heteroatoms. The standard InChI is InChI=1S/C91H180O38/c1-3-4-5-6-7-8-9-10-11-12-13-15-91(93)16-14-18-94-20-22-96-24-26-98-28-30-100-32-34-102-36-38-104-40-42-106-44-46-108-48-50-110-52-54-112-56-58-114-60-62-116-64-66-118-68-70-120-72-74-122-76-78-124-80-82-126-84-86-128-88-89-129-87-85-127-83-81-125-79-77-123-75-73-121-71-69-119-67-65-117-63-61-115-59-57-113-55-53-111-51-49-109-47-45-107-43-41-105-39-37-103-35-33-101-31-29-99-27-25-97-23-21-95-19-17-90(2)92/h3-89H2,1-2H3. The minimum absolute atomic E-state index is 0.118. The van der Waals surface area contributed by atoms with Crippen LogP contribution in [0, 0.1) is 0 Å². The highest BCUT2D eigenvalue weighted by Gasteiger charge is 2.07. The van der Waals surface area contributed by atoms with Crippen LogP contribution in [0.4, 0.5) is 0 Å². The highest BCUT2D eigenvalue weighted by atomic mass is 16.6. The van der Waals surface area contributed by atoms with E-state index in [2.05, 4.69) is 6.92 Å². The van der Waals surface area contributed by atoms with Crippen molar-refractivity contribution in [2.45, 2.75) is 110 Å². The van der Waals surface area contributed by atoms with E-state index in [4.69, 9.17) is 171 Å². The molecule has 0 aromatic rings. The number of unbranched alkanes of at least 4 members (excludes halogenated alkanes) is 10. The first-order valence-corrected chi connectivity index (χ1v) is 48.0. The van der Waals surface area contributed by atoms with E-state index in [9.17, 15) is 9.59 Å². The summed E-state index contributed by atoms with van der Waals surface area (Å²) in [5, 5.41) is 0. The summed E-state index contributed by atoms with van der Waals surface area (Å²) in [6.45, 7) is 38.5. The number of hydrogen-bond acceptors (Lipinski definition) is 38. The first-order chi connectivity index (χ1) is 64.2. The fraction of sp³-hybridized carbons (Fsp3) is 0.978. The third kappa shape index (κ3) is 124. The Labute approximate surface area is 774 Å². The normalized spacial score (nSPS) is 11.8. The lowest BCUT2D eigenvalue weighted by Gasteiger charge is -2.09. The van der Waals surface area contributed by atoms with Gasteiger partial charge in [0.2, 0.25) is 0 Å². The number of ketones is 2. The second-order valence-electron chi connectivity index (χ2n) is 28.4. The highest BCUT2D eigenvalue weighted by Crippen LogP contribution is 2.13. The van der Waals surface area contributed by atoms with Gasteiger partial charge in [-0.3, -0.25) is 9.59 Å². The van der Waals surface area contributed by atoms with Crippen molar-refractivity contribution in [2.75, 3.05) is 476 Å². The largest absolute Gasteiger partial charge is 0.379 e. The summed E-state index contributed by atoms with van der Waals surface area (Å²) < 4.78 is 199. The molecule has 0 aliphatic carbocycles. The number of Topliss-reactive ketones (excluding diaryl/α,β-unsaturated/α-hetero) is 2. The van der Waals surface area contributed by atoms with Crippen molar-refractivity contribution in [1.82, 2.24) is 0 Å². The first-order valence-electron chi connectivity index (χ1n) is 48.0. The molecule has 0 saturated carbocycles. The zero-order valence-corrected chi connectivity index (χ0v) is 80.0. The molecular weight excluding hydrogens is 1700 g/mol. The molecule has 0 rings (SSSR count). The smallest absolute Gasteiger partial charge is 0.132 e. The lowest BCUT2D eigenvalue weighted by Crippen LogP contribution is -2.16. The summed E-state index contributed by atoms with van der Waals surface area (Å²) in [6.07, 6.45) is 16.8. The number of carbonyl (C=O) groups is 2. The monoisotopic (exact) mass is 1880 g/mol. The fourth-order valence-electron chi connectivity index (χ4n) is 10.5. The summed E-state index contributed by atoms with van der Waals surface area (Å²) in [5.74, 6) is 0.476. The summed E-state index contributed by atoms with van der Waals surface area (Å²) in [5.41, 5.74) is 0. The molecule has 0 spiro atoms. The van der Waals surface area contributed by atoms with E-state index in [0.717, 1.165) is 12.8 Å². The molecule has 0 atom stereocenters. The molecule has 0 radical (unpaired) electrons. The van der Waals surface area contributed by atoms with Gasteiger partial charge < -0.3 is 171 Å². The van der Waals surface area contributed by atoms with Crippen LogP contribution >= 0.6 is 0 Å². The number of carbonyl (C=O) groups excluding carboxylic acids is 2. The minimum Gasteiger partial charge on any atom is -0.379 e. The molecule has 0 heterocycles. The Hall–Kier alpha value is -2.10. The summed E-state index contributed by atoms with van der Waals surface area (Å²) in [4.78, 5) is 23.0. The van der Waals surface area contributed by atoms with E-state index in [-0.39, 0.29) is 5.78 Å². The Morgan fingerprint density at radius 2 is 0.217 bits per heavy atom. The first kappa shape index (κ1) is 127. The van der Waals surface area contributed by atoms with Gasteiger partial charge in [-0.25, -0.2) is 0 Å². The maximum atomic E-state index is 12.1. The average Bonchev–Trinajstić information content (AvgIpc) is 1.04. The molecule has 0 aromatic carbocycles. The molecular formula is C91H180O38. The Kier molecular flexibility index (Phi) is 120. The van der Waals surface area contributed by atoms with E-state index in [1.54, 1.807) is 6.92 Å². The number of hydrogen-bond donors (Lipinski definition) is 0. The van der Waals surface area contributed by atoms with Gasteiger partial charge in [0.05, 0.1) is 469 Å². The molecule has 0 fully saturated rings. The predicted molar refractivity (Wildman–Crippen MR) is 480 cm³/mol. The third-order valence-corrected chi connectivity index (χ3v) is 17.4. The van der Waals surface area contributed by atoms with E-state index in [0.29, 0.717) is 501 Å². The summed E-state index contributed by atoms with van der Waals surface area (Å²) >= 11 is 0. The van der Waals surface area contributed by atoms with Crippen LogP contribution in [-0.2, 0) is 180 Å². The topological polar surface area (TPSA) is 366 Å². The molecule has 0 unspecified atom stereocenters. The van der Waals surface area contributed by atoms with Gasteiger partial charge in [0.25, 0.3) is 0 Å². The van der Waals surface area contributed by atoms with Gasteiger partial charge in [0.15, 0.2) is 0 Å². The van der Waals surface area contributed by atoms with Crippen molar-refractivity contribution >= 4 is 11.6 Å². The minimum atomic E-state index is 0.118. The maximum absolute atomic E-state index is 12.1. The molecule has 0 aromatic heterocycles. The Morgan fingerprint density at radius 1 is 0.116 bits per heavy atom. The summed E-state index contributed by atoms with van der Waals surface area (Å²) in [6, 6.07) is 0. The van der Waals surface area contributed by atoms with Crippen molar-refractivity contribution in [1.29, 1.82) is 0 Å². The molecule has 0 aliphatic rings. The molecule has 129 heavy (non-hydrogen) atoms. The van der Waals surface area contributed by atoms with Crippen LogP contribution in [0.2, 0.25) is 0 Å². The van der Waals surface area contributed by atoms with Crippen molar-refractivity contribution in [3.05, 3.63) is 0 Å². The molecule has 0 aliphatic heterocycles. The SMILES string of the molecule is CCCCCCCCCCCCCC(=O)CCCOCCOCCOCCOCCOCCOCCOCCOCCOCCOCCOCCOCCOCCOCCOCCOCCOCCOCCOCCOCCOCCOCCOCCOCCOCCOCCOCCOCCOCCOCCOCCOCCOCCOCCOCCOCCC(C)=O. The van der Waals surface area contributed by atoms with Crippen LogP contribution < -0.4 is 0 Å². The maximum Gasteiger partial charge on any atom is 0.132 e. The van der Waals surface area contributed by atoms with Crippen LogP contribution in [0.3, 0.4) is 0 Å². The zero-order chi connectivity index (χ0) is 92.1. The Morgan fingerprint density at radius 3 is 0.341 bits per heavy atom.